The van der Waals surface area contributed by atoms with Crippen molar-refractivity contribution in [2.75, 3.05) is 4.90 Å². The molecule has 6 aromatic carbocycles. The van der Waals surface area contributed by atoms with E-state index in [2.05, 4.69) is 149 Å². The van der Waals surface area contributed by atoms with Crippen LogP contribution in [-0.2, 0) is 0 Å². The summed E-state index contributed by atoms with van der Waals surface area (Å²) in [5, 5.41) is 2.64. The third kappa shape index (κ3) is 4.68. The van der Waals surface area contributed by atoms with Crippen LogP contribution in [0.1, 0.15) is 0 Å². The van der Waals surface area contributed by atoms with Gasteiger partial charge in [-0.25, -0.2) is 0 Å². The average molecular weight is 600 g/mol. The van der Waals surface area contributed by atoms with Crippen LogP contribution < -0.4 is 4.90 Å². The molecule has 0 atom stereocenters. The molecule has 0 saturated heterocycles. The molecule has 1 aliphatic carbocycles. The van der Waals surface area contributed by atoms with E-state index in [4.69, 9.17) is 4.98 Å². The number of pyridine rings is 2. The Bertz CT molecular complexity index is 2350. The third-order valence-corrected chi connectivity index (χ3v) is 9.13. The molecule has 47 heavy (non-hydrogen) atoms. The predicted octanol–water partition coefficient (Wildman–Crippen LogP) is 11.7. The van der Waals surface area contributed by atoms with Crippen molar-refractivity contribution in [3.05, 3.63) is 176 Å². The Kier molecular flexibility index (Phi) is 6.46. The minimum atomic E-state index is 0.862. The van der Waals surface area contributed by atoms with Gasteiger partial charge in [0.25, 0.3) is 0 Å². The fraction of sp³-hybridized carbons (Fsp3) is 0. The summed E-state index contributed by atoms with van der Waals surface area (Å²) >= 11 is 0. The summed E-state index contributed by atoms with van der Waals surface area (Å²) in [5.41, 5.74) is 14.9. The molecule has 0 spiro atoms. The zero-order valence-corrected chi connectivity index (χ0v) is 25.6. The first kappa shape index (κ1) is 27.0. The Labute approximate surface area is 274 Å². The van der Waals surface area contributed by atoms with Crippen LogP contribution in [0.4, 0.5) is 17.1 Å². The van der Waals surface area contributed by atoms with Crippen LogP contribution in [0.3, 0.4) is 0 Å². The molecule has 3 nitrogen and oxygen atoms in total. The second-order valence-electron chi connectivity index (χ2n) is 11.8. The third-order valence-electron chi connectivity index (χ3n) is 9.13. The first-order valence-electron chi connectivity index (χ1n) is 15.9. The monoisotopic (exact) mass is 599 g/mol. The Morgan fingerprint density at radius 3 is 1.77 bits per heavy atom. The summed E-state index contributed by atoms with van der Waals surface area (Å²) in [7, 11) is 0. The van der Waals surface area contributed by atoms with E-state index in [1.165, 1.54) is 44.2 Å². The lowest BCUT2D eigenvalue weighted by atomic mass is 9.94. The first-order valence-corrected chi connectivity index (χ1v) is 15.9. The number of rotatable bonds is 6. The molecule has 8 aromatic rings. The first-order chi connectivity index (χ1) is 23.3. The van der Waals surface area contributed by atoms with Crippen molar-refractivity contribution in [2.24, 2.45) is 0 Å². The number of anilines is 3. The number of para-hydroxylation sites is 1. The molecule has 2 aromatic heterocycles. The van der Waals surface area contributed by atoms with Crippen molar-refractivity contribution in [2.45, 2.75) is 0 Å². The molecule has 3 heteroatoms. The Balaban J connectivity index is 1.09. The molecule has 0 radical (unpaired) electrons. The van der Waals surface area contributed by atoms with E-state index in [0.717, 1.165) is 39.6 Å². The second-order valence-corrected chi connectivity index (χ2v) is 11.8. The van der Waals surface area contributed by atoms with Crippen LogP contribution >= 0.6 is 0 Å². The molecule has 0 aliphatic heterocycles. The molecular formula is C44H29N3. The summed E-state index contributed by atoms with van der Waals surface area (Å²) < 4.78 is 0. The van der Waals surface area contributed by atoms with Gasteiger partial charge in [0.2, 0.25) is 0 Å². The lowest BCUT2D eigenvalue weighted by molar-refractivity contribution is 1.25. The van der Waals surface area contributed by atoms with Crippen molar-refractivity contribution < 1.29 is 0 Å². The summed E-state index contributed by atoms with van der Waals surface area (Å²) in [6, 6.07) is 58.2. The van der Waals surface area contributed by atoms with Gasteiger partial charge in [-0.2, -0.15) is 0 Å². The highest BCUT2D eigenvalue weighted by Crippen LogP contribution is 2.49. The van der Waals surface area contributed by atoms with Gasteiger partial charge in [0, 0.05) is 35.0 Å². The van der Waals surface area contributed by atoms with E-state index >= 15 is 0 Å². The molecule has 0 amide bonds. The molecule has 0 fully saturated rings. The molecule has 0 saturated carbocycles. The van der Waals surface area contributed by atoms with Gasteiger partial charge in [-0.05, 0) is 104 Å². The topological polar surface area (TPSA) is 29.0 Å². The SMILES string of the molecule is c1ccc(N(c2ccc(-c3ccc4c5c(cccc35)-c3ccccc3-4)cc2)c2cccc(-c3ccc(-c4ccccn4)nc3)c2)cc1. The Hall–Kier alpha value is -6.32. The summed E-state index contributed by atoms with van der Waals surface area (Å²) in [6.07, 6.45) is 3.73. The minimum absolute atomic E-state index is 0.862. The Morgan fingerprint density at radius 1 is 0.362 bits per heavy atom. The lowest BCUT2D eigenvalue weighted by Gasteiger charge is -2.26. The Morgan fingerprint density at radius 2 is 1.00 bits per heavy atom. The van der Waals surface area contributed by atoms with Gasteiger partial charge in [-0.15, -0.1) is 0 Å². The van der Waals surface area contributed by atoms with Crippen LogP contribution in [-0.4, -0.2) is 9.97 Å². The quantitative estimate of drug-likeness (QED) is 0.190. The standard InChI is InChI=1S/C44H29N3/c1-2-11-33(12-3-1)47(35-13-8-10-31(28-35)32-21-26-43(46-29-32)42-18-6-7-27-45-42)34-22-19-30(20-23-34)36-24-25-41-38-15-5-4-14-37(38)40-17-9-16-39(36)44(40)41/h1-29H. The fourth-order valence-electron chi connectivity index (χ4n) is 6.93. The van der Waals surface area contributed by atoms with Crippen molar-refractivity contribution in [3.63, 3.8) is 0 Å². The number of fused-ring (bicyclic) bond motifs is 3. The number of aromatic nitrogens is 2. The maximum absolute atomic E-state index is 4.73. The zero-order chi connectivity index (χ0) is 31.2. The van der Waals surface area contributed by atoms with Gasteiger partial charge in [-0.3, -0.25) is 9.97 Å². The predicted molar refractivity (Wildman–Crippen MR) is 195 cm³/mol. The molecule has 0 N–H and O–H groups in total. The second kappa shape index (κ2) is 11.2. The van der Waals surface area contributed by atoms with Gasteiger partial charge in [0.1, 0.15) is 0 Å². The fourth-order valence-corrected chi connectivity index (χ4v) is 6.93. The molecule has 0 bridgehead atoms. The molecule has 0 unspecified atom stereocenters. The van der Waals surface area contributed by atoms with Gasteiger partial charge in [0.05, 0.1) is 11.4 Å². The van der Waals surface area contributed by atoms with Crippen LogP contribution in [0.25, 0.3) is 66.7 Å². The molecule has 1 aliphatic rings. The van der Waals surface area contributed by atoms with Gasteiger partial charge in [0.15, 0.2) is 0 Å². The number of nitrogens with zero attached hydrogens (tertiary/aromatic N) is 3. The molecular weight excluding hydrogens is 571 g/mol. The maximum atomic E-state index is 4.73. The lowest BCUT2D eigenvalue weighted by Crippen LogP contribution is -2.09. The van der Waals surface area contributed by atoms with Gasteiger partial charge < -0.3 is 4.90 Å². The van der Waals surface area contributed by atoms with E-state index in [0.29, 0.717) is 0 Å². The van der Waals surface area contributed by atoms with E-state index in [1.807, 2.05) is 30.5 Å². The average Bonchev–Trinajstić information content (AvgIpc) is 3.48. The molecule has 2 heterocycles. The van der Waals surface area contributed by atoms with Crippen LogP contribution in [0.15, 0.2) is 176 Å². The van der Waals surface area contributed by atoms with Crippen LogP contribution in [0.5, 0.6) is 0 Å². The van der Waals surface area contributed by atoms with Gasteiger partial charge >= 0.3 is 0 Å². The molecule has 220 valence electrons. The van der Waals surface area contributed by atoms with Crippen molar-refractivity contribution in [1.82, 2.24) is 9.97 Å². The van der Waals surface area contributed by atoms with Crippen molar-refractivity contribution in [1.29, 1.82) is 0 Å². The number of hydrogen-bond donors (Lipinski definition) is 0. The largest absolute Gasteiger partial charge is 0.310 e. The van der Waals surface area contributed by atoms with Crippen LogP contribution in [0.2, 0.25) is 0 Å². The summed E-state index contributed by atoms with van der Waals surface area (Å²) in [4.78, 5) is 11.5. The maximum Gasteiger partial charge on any atom is 0.0886 e. The number of benzene rings is 6. The highest BCUT2D eigenvalue weighted by atomic mass is 15.1. The normalized spacial score (nSPS) is 11.4. The summed E-state index contributed by atoms with van der Waals surface area (Å²) in [6.45, 7) is 0. The zero-order valence-electron chi connectivity index (χ0n) is 25.6. The highest BCUT2D eigenvalue weighted by Gasteiger charge is 2.22. The van der Waals surface area contributed by atoms with Crippen molar-refractivity contribution >= 4 is 27.8 Å². The van der Waals surface area contributed by atoms with E-state index in [9.17, 15) is 0 Å². The smallest absolute Gasteiger partial charge is 0.0886 e. The highest BCUT2D eigenvalue weighted by molar-refractivity contribution is 6.18. The van der Waals surface area contributed by atoms with Gasteiger partial charge in [-0.1, -0.05) is 109 Å². The minimum Gasteiger partial charge on any atom is -0.310 e. The molecule has 9 rings (SSSR count). The van der Waals surface area contributed by atoms with Crippen molar-refractivity contribution in [3.8, 4) is 55.9 Å². The van der Waals surface area contributed by atoms with E-state index < -0.39 is 0 Å². The van der Waals surface area contributed by atoms with E-state index in [-0.39, 0.29) is 0 Å². The van der Waals surface area contributed by atoms with E-state index in [1.54, 1.807) is 6.20 Å². The summed E-state index contributed by atoms with van der Waals surface area (Å²) in [5.74, 6) is 0. The number of hydrogen-bond acceptors (Lipinski definition) is 3. The van der Waals surface area contributed by atoms with Crippen LogP contribution in [0, 0.1) is 0 Å².